The lowest BCUT2D eigenvalue weighted by Crippen LogP contribution is -2.47. The van der Waals surface area contributed by atoms with Crippen LogP contribution in [0.3, 0.4) is 0 Å². The van der Waals surface area contributed by atoms with Crippen LogP contribution < -0.4 is 10.1 Å². The Hall–Kier alpha value is -1.59. The minimum atomic E-state index is -1.34. The lowest BCUT2D eigenvalue weighted by atomic mass is 9.84. The second kappa shape index (κ2) is 7.32. The van der Waals surface area contributed by atoms with E-state index < -0.39 is 5.60 Å². The standard InChI is InChI=1S/C18H28N2O3/c1-18(2,22)17(21)19-12-14-6-5-11-20(3)16(14)13-7-9-15(23-4)10-8-13/h7-10,14,16,22H,5-6,11-12H2,1-4H3,(H,19,21)/t14-,16-/m0/s1. The molecule has 128 valence electrons. The molecule has 2 N–H and O–H groups in total. The van der Waals surface area contributed by atoms with Gasteiger partial charge in [-0.2, -0.15) is 0 Å². The van der Waals surface area contributed by atoms with E-state index in [1.54, 1.807) is 7.11 Å². The zero-order valence-electron chi connectivity index (χ0n) is 14.5. The highest BCUT2D eigenvalue weighted by atomic mass is 16.5. The number of likely N-dealkylation sites (tertiary alicyclic amines) is 1. The van der Waals surface area contributed by atoms with Crippen molar-refractivity contribution in [3.8, 4) is 5.75 Å². The van der Waals surface area contributed by atoms with Crippen molar-refractivity contribution < 1.29 is 14.6 Å². The summed E-state index contributed by atoms with van der Waals surface area (Å²) in [6.45, 7) is 4.64. The normalized spacial score (nSPS) is 22.7. The van der Waals surface area contributed by atoms with E-state index in [4.69, 9.17) is 4.74 Å². The number of amides is 1. The summed E-state index contributed by atoms with van der Waals surface area (Å²) in [4.78, 5) is 14.3. The topological polar surface area (TPSA) is 61.8 Å². The Kier molecular flexibility index (Phi) is 5.65. The maximum absolute atomic E-state index is 11.9. The Morgan fingerprint density at radius 2 is 2.04 bits per heavy atom. The lowest BCUT2D eigenvalue weighted by molar-refractivity contribution is -0.136. The minimum absolute atomic E-state index is 0.261. The van der Waals surface area contributed by atoms with Crippen LogP contribution in [0.4, 0.5) is 0 Å². The smallest absolute Gasteiger partial charge is 0.251 e. The number of nitrogens with one attached hydrogen (secondary N) is 1. The van der Waals surface area contributed by atoms with Crippen LogP contribution in [0, 0.1) is 5.92 Å². The molecule has 0 unspecified atom stereocenters. The Bertz CT molecular complexity index is 522. The Morgan fingerprint density at radius 1 is 1.39 bits per heavy atom. The molecule has 0 aliphatic carbocycles. The van der Waals surface area contributed by atoms with E-state index in [2.05, 4.69) is 29.4 Å². The van der Waals surface area contributed by atoms with Crippen LogP contribution in [0.1, 0.15) is 38.3 Å². The van der Waals surface area contributed by atoms with Crippen molar-refractivity contribution >= 4 is 5.91 Å². The molecule has 1 aliphatic heterocycles. The molecule has 5 nitrogen and oxygen atoms in total. The quantitative estimate of drug-likeness (QED) is 0.871. The van der Waals surface area contributed by atoms with Crippen molar-refractivity contribution in [3.63, 3.8) is 0 Å². The maximum atomic E-state index is 11.9. The van der Waals surface area contributed by atoms with Gasteiger partial charge in [-0.25, -0.2) is 0 Å². The molecular weight excluding hydrogens is 292 g/mol. The molecule has 0 radical (unpaired) electrons. The molecule has 1 fully saturated rings. The molecular formula is C18H28N2O3. The first-order valence-corrected chi connectivity index (χ1v) is 8.18. The van der Waals surface area contributed by atoms with Gasteiger partial charge in [0.25, 0.3) is 5.91 Å². The summed E-state index contributed by atoms with van der Waals surface area (Å²) < 4.78 is 5.23. The highest BCUT2D eigenvalue weighted by Gasteiger charge is 2.32. The average molecular weight is 320 g/mol. The predicted octanol–water partition coefficient (Wildman–Crippen LogP) is 1.97. The third kappa shape index (κ3) is 4.45. The summed E-state index contributed by atoms with van der Waals surface area (Å²) in [7, 11) is 3.79. The first-order chi connectivity index (χ1) is 10.8. The largest absolute Gasteiger partial charge is 0.497 e. The van der Waals surface area contributed by atoms with Gasteiger partial charge in [0.05, 0.1) is 7.11 Å². The molecule has 2 atom stereocenters. The number of nitrogens with zero attached hydrogens (tertiary/aromatic N) is 1. The number of carbonyl (C=O) groups excluding carboxylic acids is 1. The SMILES string of the molecule is COc1ccc([C@H]2[C@H](CNC(=O)C(C)(C)O)CCCN2C)cc1. The molecule has 1 saturated heterocycles. The van der Waals surface area contributed by atoms with E-state index in [-0.39, 0.29) is 11.9 Å². The van der Waals surface area contributed by atoms with Gasteiger partial charge < -0.3 is 15.2 Å². The molecule has 1 heterocycles. The van der Waals surface area contributed by atoms with E-state index in [0.717, 1.165) is 25.1 Å². The average Bonchev–Trinajstić information content (AvgIpc) is 2.52. The summed E-state index contributed by atoms with van der Waals surface area (Å²) in [5.41, 5.74) is -0.105. The third-order valence-corrected chi connectivity index (χ3v) is 4.54. The van der Waals surface area contributed by atoms with Gasteiger partial charge in [-0.3, -0.25) is 9.69 Å². The first kappa shape index (κ1) is 17.8. The highest BCUT2D eigenvalue weighted by Crippen LogP contribution is 2.35. The molecule has 0 saturated carbocycles. The maximum Gasteiger partial charge on any atom is 0.251 e. The van der Waals surface area contributed by atoms with E-state index in [1.807, 2.05) is 12.1 Å². The van der Waals surface area contributed by atoms with Crippen LogP contribution in [0.5, 0.6) is 5.75 Å². The lowest BCUT2D eigenvalue weighted by Gasteiger charge is -2.40. The van der Waals surface area contributed by atoms with Gasteiger partial charge in [-0.05, 0) is 63.9 Å². The second-order valence-corrected chi connectivity index (χ2v) is 6.87. The van der Waals surface area contributed by atoms with Crippen LogP contribution in [-0.4, -0.2) is 48.8 Å². The summed E-state index contributed by atoms with van der Waals surface area (Å²) in [5, 5.41) is 12.7. The van der Waals surface area contributed by atoms with E-state index in [9.17, 15) is 9.90 Å². The van der Waals surface area contributed by atoms with Crippen molar-refractivity contribution in [1.82, 2.24) is 10.2 Å². The van der Waals surface area contributed by atoms with Crippen LogP contribution in [-0.2, 0) is 4.79 Å². The van der Waals surface area contributed by atoms with Crippen LogP contribution in [0.2, 0.25) is 0 Å². The van der Waals surface area contributed by atoms with Crippen molar-refractivity contribution in [1.29, 1.82) is 0 Å². The molecule has 23 heavy (non-hydrogen) atoms. The van der Waals surface area contributed by atoms with Gasteiger partial charge >= 0.3 is 0 Å². The van der Waals surface area contributed by atoms with E-state index >= 15 is 0 Å². The number of carbonyl (C=O) groups is 1. The number of methoxy groups -OCH3 is 1. The Morgan fingerprint density at radius 3 is 2.61 bits per heavy atom. The molecule has 1 amide bonds. The monoisotopic (exact) mass is 320 g/mol. The van der Waals surface area contributed by atoms with Gasteiger partial charge in [0.2, 0.25) is 0 Å². The molecule has 0 aromatic heterocycles. The summed E-state index contributed by atoms with van der Waals surface area (Å²) in [6, 6.07) is 8.40. The van der Waals surface area contributed by atoms with Crippen molar-refractivity contribution in [2.45, 2.75) is 38.3 Å². The van der Waals surface area contributed by atoms with Crippen molar-refractivity contribution in [2.24, 2.45) is 5.92 Å². The number of ether oxygens (including phenoxy) is 1. The first-order valence-electron chi connectivity index (χ1n) is 8.18. The van der Waals surface area contributed by atoms with Crippen LogP contribution >= 0.6 is 0 Å². The number of hydrogen-bond donors (Lipinski definition) is 2. The molecule has 0 spiro atoms. The van der Waals surface area contributed by atoms with Gasteiger partial charge in [-0.15, -0.1) is 0 Å². The van der Waals surface area contributed by atoms with E-state index in [1.165, 1.54) is 19.4 Å². The fraction of sp³-hybridized carbons (Fsp3) is 0.611. The molecule has 1 aromatic carbocycles. The van der Waals surface area contributed by atoms with Crippen LogP contribution in [0.25, 0.3) is 0 Å². The molecule has 0 bridgehead atoms. The summed E-state index contributed by atoms with van der Waals surface area (Å²) in [6.07, 6.45) is 2.18. The van der Waals surface area contributed by atoms with Gasteiger partial charge in [0.15, 0.2) is 0 Å². The predicted molar refractivity (Wildman–Crippen MR) is 90.4 cm³/mol. The van der Waals surface area contributed by atoms with Gasteiger partial charge in [0.1, 0.15) is 11.4 Å². The number of piperidine rings is 1. The van der Waals surface area contributed by atoms with Crippen molar-refractivity contribution in [3.05, 3.63) is 29.8 Å². The minimum Gasteiger partial charge on any atom is -0.497 e. The fourth-order valence-electron chi connectivity index (χ4n) is 3.24. The Balaban J connectivity index is 2.10. The van der Waals surface area contributed by atoms with Crippen LogP contribution in [0.15, 0.2) is 24.3 Å². The molecule has 2 rings (SSSR count). The van der Waals surface area contributed by atoms with E-state index in [0.29, 0.717) is 12.5 Å². The van der Waals surface area contributed by atoms with Crippen molar-refractivity contribution in [2.75, 3.05) is 27.2 Å². The molecule has 1 aromatic rings. The van der Waals surface area contributed by atoms with Gasteiger partial charge in [0, 0.05) is 12.6 Å². The number of benzene rings is 1. The Labute approximate surface area is 138 Å². The number of aliphatic hydroxyl groups is 1. The number of hydrogen-bond acceptors (Lipinski definition) is 4. The summed E-state index contributed by atoms with van der Waals surface area (Å²) in [5.74, 6) is 0.853. The summed E-state index contributed by atoms with van der Waals surface area (Å²) >= 11 is 0. The molecule has 5 heteroatoms. The second-order valence-electron chi connectivity index (χ2n) is 6.87. The fourth-order valence-corrected chi connectivity index (χ4v) is 3.24. The molecule has 1 aliphatic rings. The zero-order valence-corrected chi connectivity index (χ0v) is 14.5. The number of rotatable bonds is 5. The zero-order chi connectivity index (χ0) is 17.0. The van der Waals surface area contributed by atoms with Gasteiger partial charge in [-0.1, -0.05) is 12.1 Å². The highest BCUT2D eigenvalue weighted by molar-refractivity contribution is 5.83. The third-order valence-electron chi connectivity index (χ3n) is 4.54.